The molecule has 10 heteroatoms. The van der Waals surface area contributed by atoms with Crippen LogP contribution >= 0.6 is 22.9 Å². The lowest BCUT2D eigenvalue weighted by atomic mass is 9.76. The molecule has 3 unspecified atom stereocenters. The Hall–Kier alpha value is -2.59. The van der Waals surface area contributed by atoms with Crippen LogP contribution in [0, 0.1) is 13.8 Å². The third-order valence-electron chi connectivity index (χ3n) is 6.69. The number of alkyl carbamates (subject to hydrolysis) is 1. The molecule has 7 nitrogen and oxygen atoms in total. The lowest BCUT2D eigenvalue weighted by Gasteiger charge is -2.34. The van der Waals surface area contributed by atoms with Gasteiger partial charge in [-0.1, -0.05) is 29.8 Å². The maximum absolute atomic E-state index is 12.3. The van der Waals surface area contributed by atoms with E-state index in [9.17, 15) is 13.6 Å². The zero-order valence-corrected chi connectivity index (χ0v) is 24.1. The van der Waals surface area contributed by atoms with E-state index in [1.807, 2.05) is 56.3 Å². The molecule has 204 valence electrons. The van der Waals surface area contributed by atoms with Crippen LogP contribution in [0.4, 0.5) is 10.5 Å². The van der Waals surface area contributed by atoms with Gasteiger partial charge in [-0.15, -0.1) is 11.3 Å². The molecule has 3 aromatic rings. The number of hydrogen-bond donors (Lipinski definition) is 2. The molecule has 1 aliphatic rings. The molecule has 1 amide bonds. The Balaban J connectivity index is 1.53. The zero-order chi connectivity index (χ0) is 27.2. The normalized spacial score (nSPS) is 17.4. The number of halogens is 1. The lowest BCUT2D eigenvalue weighted by molar-refractivity contribution is 0.144. The number of nitrogens with one attached hydrogen (secondary N) is 1. The summed E-state index contributed by atoms with van der Waals surface area (Å²) in [4.78, 5) is 14.4. The smallest absolute Gasteiger partial charge is 0.407 e. The molecule has 1 aromatic heterocycles. The maximum Gasteiger partial charge on any atom is 0.407 e. The van der Waals surface area contributed by atoms with Gasteiger partial charge in [0.2, 0.25) is 0 Å². The summed E-state index contributed by atoms with van der Waals surface area (Å²) < 4.78 is 34.6. The third-order valence-corrected chi connectivity index (χ3v) is 8.63. The molecule has 4 rings (SSSR count). The molecule has 0 saturated heterocycles. The average Bonchev–Trinajstić information content (AvgIpc) is 3.20. The Kier molecular flexibility index (Phi) is 9.70. The highest BCUT2D eigenvalue weighted by Crippen LogP contribution is 2.37. The van der Waals surface area contributed by atoms with Crippen molar-refractivity contribution in [3.63, 3.8) is 0 Å². The minimum absolute atomic E-state index is 0.00282. The van der Waals surface area contributed by atoms with E-state index in [-0.39, 0.29) is 25.1 Å². The molecule has 0 radical (unpaired) electrons. The number of carbonyl (C=O) groups excluding carboxylic acids is 1. The van der Waals surface area contributed by atoms with Crippen molar-refractivity contribution >= 4 is 46.0 Å². The largest absolute Gasteiger partial charge is 0.492 e. The first-order valence-electron chi connectivity index (χ1n) is 12.6. The number of hydrogen-bond acceptors (Lipinski definition) is 5. The number of aryl methyl sites for hydroxylation is 3. The Morgan fingerprint density at radius 1 is 1.24 bits per heavy atom. The molecular weight excluding hydrogens is 544 g/mol. The number of amides is 1. The number of nitrogens with zero attached hydrogens (tertiary/aromatic N) is 1. The predicted molar refractivity (Wildman–Crippen MR) is 154 cm³/mol. The number of rotatable bonds is 10. The van der Waals surface area contributed by atoms with Crippen LogP contribution in [0.2, 0.25) is 5.02 Å². The van der Waals surface area contributed by atoms with Crippen LogP contribution in [0.15, 0.2) is 48.5 Å². The van der Waals surface area contributed by atoms with Crippen LogP contribution < -0.4 is 14.4 Å². The molecule has 1 aliphatic carbocycles. The number of ether oxygens (including phenoxy) is 2. The Morgan fingerprint density at radius 3 is 2.74 bits per heavy atom. The van der Waals surface area contributed by atoms with Gasteiger partial charge in [0.1, 0.15) is 12.4 Å². The fraction of sp³-hybridized carbons (Fsp3) is 0.393. The summed E-state index contributed by atoms with van der Waals surface area (Å²) in [6.45, 7) is 6.52. The van der Waals surface area contributed by atoms with Crippen molar-refractivity contribution in [1.82, 2.24) is 5.32 Å². The molecule has 3 atom stereocenters. The number of anilines is 1. The highest BCUT2D eigenvalue weighted by atomic mass is 35.5. The first-order chi connectivity index (χ1) is 18.2. The van der Waals surface area contributed by atoms with Gasteiger partial charge < -0.3 is 14.8 Å². The molecule has 0 aliphatic heterocycles. The van der Waals surface area contributed by atoms with Crippen LogP contribution in [0.25, 0.3) is 0 Å². The van der Waals surface area contributed by atoms with E-state index < -0.39 is 17.4 Å². The zero-order valence-electron chi connectivity index (χ0n) is 21.7. The quantitative estimate of drug-likeness (QED) is 0.272. The second kappa shape index (κ2) is 13.0. The van der Waals surface area contributed by atoms with Crippen molar-refractivity contribution < 1.29 is 23.0 Å². The van der Waals surface area contributed by atoms with Gasteiger partial charge in [0.15, 0.2) is 0 Å². The van der Waals surface area contributed by atoms with E-state index >= 15 is 0 Å². The Bertz CT molecular complexity index is 1300. The monoisotopic (exact) mass is 576 g/mol. The van der Waals surface area contributed by atoms with Crippen LogP contribution in [-0.4, -0.2) is 40.7 Å². The van der Waals surface area contributed by atoms with Gasteiger partial charge >= 0.3 is 6.09 Å². The van der Waals surface area contributed by atoms with Crippen LogP contribution in [0.5, 0.6) is 5.75 Å². The summed E-state index contributed by atoms with van der Waals surface area (Å²) in [7, 11) is 0. The average molecular weight is 577 g/mol. The summed E-state index contributed by atoms with van der Waals surface area (Å²) in [6, 6.07) is 15.6. The standard InChI is InChI=1S/C28H33ClN2O5S2/c1-4-35-28(32)30-26-11-9-21-8-10-23(17-24(21)25(26)16-20-6-5-7-22(29)15-20)36-13-12-31(38(33)34)27-14-18(2)37-19(27)3/h5-8,10,14-15,17,25-26H,4,9,11-13,16H2,1-3H3,(H,30,32)(H,33,34). The first-order valence-corrected chi connectivity index (χ1v) is 14.9. The van der Waals surface area contributed by atoms with Crippen molar-refractivity contribution in [2.24, 2.45) is 0 Å². The predicted octanol–water partition coefficient (Wildman–Crippen LogP) is 6.43. The topological polar surface area (TPSA) is 88.1 Å². The van der Waals surface area contributed by atoms with E-state index in [1.165, 1.54) is 9.87 Å². The maximum atomic E-state index is 12.3. The highest BCUT2D eigenvalue weighted by molar-refractivity contribution is 7.80. The summed E-state index contributed by atoms with van der Waals surface area (Å²) in [6.07, 6.45) is 1.91. The second-order valence-corrected chi connectivity index (χ2v) is 12.1. The van der Waals surface area contributed by atoms with E-state index in [0.29, 0.717) is 23.8 Å². The molecule has 2 aromatic carbocycles. The van der Waals surface area contributed by atoms with Gasteiger partial charge in [-0.25, -0.2) is 9.00 Å². The SMILES string of the molecule is CCOC(=O)NC1CCc2ccc(OCCN(c3cc(C)sc3C)S(=O)O)cc2C1Cc1cccc(Cl)c1. The van der Waals surface area contributed by atoms with Gasteiger partial charge in [-0.3, -0.25) is 8.86 Å². The van der Waals surface area contributed by atoms with Crippen molar-refractivity contribution in [2.75, 3.05) is 24.1 Å². The van der Waals surface area contributed by atoms with Crippen molar-refractivity contribution in [1.29, 1.82) is 0 Å². The van der Waals surface area contributed by atoms with E-state index in [2.05, 4.69) is 11.4 Å². The van der Waals surface area contributed by atoms with Crippen molar-refractivity contribution in [3.05, 3.63) is 80.0 Å². The minimum Gasteiger partial charge on any atom is -0.492 e. The fourth-order valence-corrected chi connectivity index (χ4v) is 6.81. The molecule has 0 saturated carbocycles. The summed E-state index contributed by atoms with van der Waals surface area (Å²) in [5.74, 6) is 0.682. The third kappa shape index (κ3) is 7.08. The van der Waals surface area contributed by atoms with E-state index in [1.54, 1.807) is 18.3 Å². The van der Waals surface area contributed by atoms with Crippen LogP contribution in [0.3, 0.4) is 0 Å². The first kappa shape index (κ1) is 28.4. The number of fused-ring (bicyclic) bond motifs is 1. The second-order valence-electron chi connectivity index (χ2n) is 9.29. The molecule has 2 N–H and O–H groups in total. The van der Waals surface area contributed by atoms with Gasteiger partial charge in [0.25, 0.3) is 11.3 Å². The summed E-state index contributed by atoms with van der Waals surface area (Å²) in [5.41, 5.74) is 4.16. The lowest BCUT2D eigenvalue weighted by Crippen LogP contribution is -2.43. The molecule has 0 spiro atoms. The van der Waals surface area contributed by atoms with Crippen LogP contribution in [-0.2, 0) is 28.8 Å². The van der Waals surface area contributed by atoms with E-state index in [4.69, 9.17) is 21.1 Å². The van der Waals surface area contributed by atoms with Crippen molar-refractivity contribution in [2.45, 2.75) is 52.0 Å². The van der Waals surface area contributed by atoms with Gasteiger partial charge in [-0.2, -0.15) is 0 Å². The van der Waals surface area contributed by atoms with Gasteiger partial charge in [0.05, 0.1) is 18.8 Å². The molecule has 0 fully saturated rings. The highest BCUT2D eigenvalue weighted by Gasteiger charge is 2.32. The number of thiophene rings is 1. The van der Waals surface area contributed by atoms with Crippen LogP contribution in [0.1, 0.15) is 45.7 Å². The fourth-order valence-electron chi connectivity index (χ4n) is 5.03. The number of benzene rings is 2. The van der Waals surface area contributed by atoms with Gasteiger partial charge in [0, 0.05) is 26.7 Å². The molecule has 1 heterocycles. The Labute approximate surface area is 235 Å². The minimum atomic E-state index is -2.16. The van der Waals surface area contributed by atoms with Crippen molar-refractivity contribution in [3.8, 4) is 5.75 Å². The van der Waals surface area contributed by atoms with Gasteiger partial charge in [-0.05, 0) is 87.1 Å². The number of carbonyl (C=O) groups is 1. The summed E-state index contributed by atoms with van der Waals surface area (Å²) in [5, 5.41) is 3.73. The molecular formula is C28H33ClN2O5S2. The summed E-state index contributed by atoms with van der Waals surface area (Å²) >= 11 is 5.69. The molecule has 38 heavy (non-hydrogen) atoms. The molecule has 0 bridgehead atoms. The van der Waals surface area contributed by atoms with E-state index in [0.717, 1.165) is 39.4 Å². The Morgan fingerprint density at radius 2 is 2.05 bits per heavy atom.